The molecule has 0 saturated heterocycles. The lowest BCUT2D eigenvalue weighted by Gasteiger charge is -2.12. The molecule has 0 bridgehead atoms. The summed E-state index contributed by atoms with van der Waals surface area (Å²) in [6.07, 6.45) is -0.137. The second-order valence-corrected chi connectivity index (χ2v) is 3.62. The average Bonchev–Trinajstić information content (AvgIpc) is 2.10. The fourth-order valence-electron chi connectivity index (χ4n) is 1.05. The van der Waals surface area contributed by atoms with Crippen LogP contribution in [0.1, 0.15) is 19.4 Å². The quantitative estimate of drug-likeness (QED) is 0.846. The van der Waals surface area contributed by atoms with Gasteiger partial charge in [-0.15, -0.1) is 0 Å². The van der Waals surface area contributed by atoms with E-state index < -0.39 is 5.82 Å². The molecular formula is C10H12ClFO2. The van der Waals surface area contributed by atoms with Crippen LogP contribution in [0, 0.1) is 5.82 Å². The highest BCUT2D eigenvalue weighted by Gasteiger charge is 2.11. The molecule has 0 spiro atoms. The largest absolute Gasteiger partial charge is 0.486 e. The van der Waals surface area contributed by atoms with E-state index in [1.54, 1.807) is 13.8 Å². The number of halogens is 2. The van der Waals surface area contributed by atoms with Gasteiger partial charge in [-0.05, 0) is 31.5 Å². The zero-order chi connectivity index (χ0) is 10.7. The molecule has 4 heteroatoms. The highest BCUT2D eigenvalue weighted by Crippen LogP contribution is 2.30. The molecule has 0 aromatic heterocycles. The van der Waals surface area contributed by atoms with Crippen LogP contribution in [-0.2, 0) is 6.61 Å². The van der Waals surface area contributed by atoms with E-state index in [4.69, 9.17) is 21.4 Å². The molecule has 1 N–H and O–H groups in total. The summed E-state index contributed by atoms with van der Waals surface area (Å²) in [5.41, 5.74) is 0.434. The number of aliphatic hydroxyl groups excluding tert-OH is 1. The van der Waals surface area contributed by atoms with Gasteiger partial charge in [0.1, 0.15) is 0 Å². The Morgan fingerprint density at radius 2 is 2.14 bits per heavy atom. The maximum Gasteiger partial charge on any atom is 0.173 e. The molecule has 78 valence electrons. The van der Waals surface area contributed by atoms with Crippen LogP contribution in [0.15, 0.2) is 12.1 Å². The zero-order valence-corrected chi connectivity index (χ0v) is 8.81. The molecule has 1 aromatic rings. The van der Waals surface area contributed by atoms with Crippen LogP contribution in [0.5, 0.6) is 5.75 Å². The van der Waals surface area contributed by atoms with Gasteiger partial charge in [0.25, 0.3) is 0 Å². The monoisotopic (exact) mass is 218 g/mol. The van der Waals surface area contributed by atoms with Gasteiger partial charge in [-0.1, -0.05) is 11.6 Å². The predicted molar refractivity (Wildman–Crippen MR) is 53.1 cm³/mol. The Balaban J connectivity index is 3.05. The summed E-state index contributed by atoms with van der Waals surface area (Å²) in [5, 5.41) is 8.98. The van der Waals surface area contributed by atoms with Crippen molar-refractivity contribution in [3.63, 3.8) is 0 Å². The number of rotatable bonds is 3. The normalized spacial score (nSPS) is 10.7. The highest BCUT2D eigenvalue weighted by atomic mass is 35.5. The van der Waals surface area contributed by atoms with Crippen molar-refractivity contribution in [3.05, 3.63) is 28.5 Å². The molecule has 14 heavy (non-hydrogen) atoms. The summed E-state index contributed by atoms with van der Waals surface area (Å²) in [6, 6.07) is 2.70. The molecule has 0 aliphatic rings. The van der Waals surface area contributed by atoms with Gasteiger partial charge >= 0.3 is 0 Å². The molecule has 0 radical (unpaired) electrons. The fraction of sp³-hybridized carbons (Fsp3) is 0.400. The van der Waals surface area contributed by atoms with Gasteiger partial charge in [-0.2, -0.15) is 0 Å². The minimum atomic E-state index is -0.546. The molecular weight excluding hydrogens is 207 g/mol. The van der Waals surface area contributed by atoms with Crippen molar-refractivity contribution in [1.82, 2.24) is 0 Å². The number of hydrogen-bond acceptors (Lipinski definition) is 2. The molecule has 2 nitrogen and oxygen atoms in total. The van der Waals surface area contributed by atoms with Crippen molar-refractivity contribution in [1.29, 1.82) is 0 Å². The Hall–Kier alpha value is -0.800. The number of benzene rings is 1. The topological polar surface area (TPSA) is 29.5 Å². The SMILES string of the molecule is CC(C)Oc1c(F)cc(CO)cc1Cl. The van der Waals surface area contributed by atoms with E-state index in [1.165, 1.54) is 12.1 Å². The smallest absolute Gasteiger partial charge is 0.173 e. The molecule has 0 fully saturated rings. The van der Waals surface area contributed by atoms with E-state index in [-0.39, 0.29) is 23.5 Å². The Labute approximate surface area is 87.3 Å². The maximum absolute atomic E-state index is 13.3. The van der Waals surface area contributed by atoms with Gasteiger partial charge < -0.3 is 9.84 Å². The van der Waals surface area contributed by atoms with Crippen molar-refractivity contribution in [2.24, 2.45) is 0 Å². The first kappa shape index (κ1) is 11.3. The van der Waals surface area contributed by atoms with Crippen molar-refractivity contribution in [2.45, 2.75) is 26.6 Å². The highest BCUT2D eigenvalue weighted by molar-refractivity contribution is 6.32. The third-order valence-corrected chi connectivity index (χ3v) is 1.87. The van der Waals surface area contributed by atoms with Crippen LogP contribution in [0.3, 0.4) is 0 Å². The standard InChI is InChI=1S/C10H12ClFO2/c1-6(2)14-10-8(11)3-7(5-13)4-9(10)12/h3-4,6,13H,5H2,1-2H3. The van der Waals surface area contributed by atoms with Crippen LogP contribution in [0.25, 0.3) is 0 Å². The van der Waals surface area contributed by atoms with E-state index in [9.17, 15) is 4.39 Å². The first-order chi connectivity index (χ1) is 6.54. The van der Waals surface area contributed by atoms with Crippen molar-refractivity contribution < 1.29 is 14.2 Å². The Morgan fingerprint density at radius 3 is 2.57 bits per heavy atom. The molecule has 1 aromatic carbocycles. The lowest BCUT2D eigenvalue weighted by Crippen LogP contribution is -2.07. The van der Waals surface area contributed by atoms with Crippen molar-refractivity contribution in [3.8, 4) is 5.75 Å². The molecule has 0 aliphatic carbocycles. The molecule has 0 amide bonds. The number of aliphatic hydroxyl groups is 1. The summed E-state index contributed by atoms with van der Waals surface area (Å²) in [6.45, 7) is 3.34. The first-order valence-electron chi connectivity index (χ1n) is 4.30. The summed E-state index contributed by atoms with van der Waals surface area (Å²) in [4.78, 5) is 0. The van der Waals surface area contributed by atoms with Crippen LogP contribution >= 0.6 is 11.6 Å². The Morgan fingerprint density at radius 1 is 1.50 bits per heavy atom. The predicted octanol–water partition coefficient (Wildman–Crippen LogP) is 2.76. The number of ether oxygens (including phenoxy) is 1. The van der Waals surface area contributed by atoms with Crippen LogP contribution < -0.4 is 4.74 Å². The fourth-order valence-corrected chi connectivity index (χ4v) is 1.33. The van der Waals surface area contributed by atoms with Gasteiger partial charge in [0.2, 0.25) is 0 Å². The van der Waals surface area contributed by atoms with Gasteiger partial charge in [0, 0.05) is 0 Å². The molecule has 1 rings (SSSR count). The van der Waals surface area contributed by atoms with Crippen molar-refractivity contribution in [2.75, 3.05) is 0 Å². The maximum atomic E-state index is 13.3. The molecule has 0 aliphatic heterocycles. The lowest BCUT2D eigenvalue weighted by atomic mass is 10.2. The average molecular weight is 219 g/mol. The minimum Gasteiger partial charge on any atom is -0.486 e. The Bertz CT molecular complexity index is 303. The summed E-state index contributed by atoms with van der Waals surface area (Å²) in [5.74, 6) is -0.505. The second-order valence-electron chi connectivity index (χ2n) is 3.21. The van der Waals surface area contributed by atoms with Gasteiger partial charge in [0.15, 0.2) is 11.6 Å². The minimum absolute atomic E-state index is 0.0406. The second kappa shape index (κ2) is 4.62. The summed E-state index contributed by atoms with van der Waals surface area (Å²) >= 11 is 5.78. The molecule has 0 heterocycles. The Kier molecular flexibility index (Phi) is 3.72. The van der Waals surface area contributed by atoms with E-state index in [1.807, 2.05) is 0 Å². The third kappa shape index (κ3) is 2.59. The van der Waals surface area contributed by atoms with E-state index in [2.05, 4.69) is 0 Å². The third-order valence-electron chi connectivity index (χ3n) is 1.59. The van der Waals surface area contributed by atoms with Gasteiger partial charge in [-0.25, -0.2) is 4.39 Å². The number of hydrogen-bond donors (Lipinski definition) is 1. The van der Waals surface area contributed by atoms with Crippen molar-refractivity contribution >= 4 is 11.6 Å². The zero-order valence-electron chi connectivity index (χ0n) is 8.05. The van der Waals surface area contributed by atoms with Gasteiger partial charge in [0.05, 0.1) is 17.7 Å². The van der Waals surface area contributed by atoms with Crippen LogP contribution in [0.2, 0.25) is 5.02 Å². The van der Waals surface area contributed by atoms with Crippen LogP contribution in [0.4, 0.5) is 4.39 Å². The molecule has 0 saturated carbocycles. The molecule has 0 atom stereocenters. The van der Waals surface area contributed by atoms with E-state index in [0.29, 0.717) is 5.56 Å². The molecule has 0 unspecified atom stereocenters. The first-order valence-corrected chi connectivity index (χ1v) is 4.67. The van der Waals surface area contributed by atoms with E-state index >= 15 is 0 Å². The van der Waals surface area contributed by atoms with E-state index in [0.717, 1.165) is 0 Å². The van der Waals surface area contributed by atoms with Gasteiger partial charge in [-0.3, -0.25) is 0 Å². The van der Waals surface area contributed by atoms with Crippen LogP contribution in [-0.4, -0.2) is 11.2 Å². The summed E-state index contributed by atoms with van der Waals surface area (Å²) < 4.78 is 18.5. The lowest BCUT2D eigenvalue weighted by molar-refractivity contribution is 0.230. The summed E-state index contributed by atoms with van der Waals surface area (Å²) in [7, 11) is 0.